The van der Waals surface area contributed by atoms with Crippen LogP contribution in [0.3, 0.4) is 0 Å². The molecule has 2 rings (SSSR count). The van der Waals surface area contributed by atoms with E-state index < -0.39 is 0 Å². The molecule has 0 atom stereocenters. The molecular weight excluding hydrogens is 208 g/mol. The van der Waals surface area contributed by atoms with Gasteiger partial charge in [-0.1, -0.05) is 12.1 Å². The minimum Gasteiger partial charge on any atom is -0.497 e. The molecule has 0 unspecified atom stereocenters. The lowest BCUT2D eigenvalue weighted by molar-refractivity contribution is 0.415. The van der Waals surface area contributed by atoms with Crippen molar-refractivity contribution in [2.24, 2.45) is 0 Å². The number of thiazole rings is 1. The molecule has 0 amide bonds. The van der Waals surface area contributed by atoms with Crippen LogP contribution in [-0.4, -0.2) is 12.1 Å². The van der Waals surface area contributed by atoms with E-state index in [2.05, 4.69) is 4.98 Å². The third kappa shape index (κ3) is 1.94. The number of nitrogens with zero attached hydrogens (tertiary/aromatic N) is 1. The Morgan fingerprint density at radius 2 is 2.20 bits per heavy atom. The number of aromatic nitrogens is 1. The summed E-state index contributed by atoms with van der Waals surface area (Å²) < 4.78 is 5.17. The SMILES string of the molecule is COc1cccc(-c2nc(N)sc2C)c1. The highest BCUT2D eigenvalue weighted by Gasteiger charge is 2.08. The van der Waals surface area contributed by atoms with Crippen LogP contribution in [0.4, 0.5) is 5.13 Å². The fourth-order valence-corrected chi connectivity index (χ4v) is 2.17. The van der Waals surface area contributed by atoms with Gasteiger partial charge in [0.05, 0.1) is 12.8 Å². The predicted molar refractivity (Wildman–Crippen MR) is 63.3 cm³/mol. The Labute approximate surface area is 92.5 Å². The Bertz CT molecular complexity index is 479. The van der Waals surface area contributed by atoms with E-state index in [4.69, 9.17) is 10.5 Å². The minimum absolute atomic E-state index is 0.602. The Hall–Kier alpha value is -1.55. The molecule has 0 aliphatic rings. The number of hydrogen-bond acceptors (Lipinski definition) is 4. The van der Waals surface area contributed by atoms with E-state index in [1.807, 2.05) is 31.2 Å². The van der Waals surface area contributed by atoms with Gasteiger partial charge in [-0.15, -0.1) is 11.3 Å². The van der Waals surface area contributed by atoms with Crippen molar-refractivity contribution in [1.82, 2.24) is 4.98 Å². The zero-order valence-electron chi connectivity index (χ0n) is 8.65. The van der Waals surface area contributed by atoms with Gasteiger partial charge in [0.1, 0.15) is 5.75 Å². The summed E-state index contributed by atoms with van der Waals surface area (Å²) in [4.78, 5) is 5.42. The molecular formula is C11H12N2OS. The summed E-state index contributed by atoms with van der Waals surface area (Å²) in [5, 5.41) is 0.602. The van der Waals surface area contributed by atoms with Crippen molar-refractivity contribution in [3.8, 4) is 17.0 Å². The van der Waals surface area contributed by atoms with Gasteiger partial charge in [0.25, 0.3) is 0 Å². The number of hydrogen-bond donors (Lipinski definition) is 1. The fourth-order valence-electron chi connectivity index (χ4n) is 1.46. The monoisotopic (exact) mass is 220 g/mol. The molecule has 0 radical (unpaired) electrons. The molecule has 2 N–H and O–H groups in total. The van der Waals surface area contributed by atoms with Crippen LogP contribution in [0, 0.1) is 6.92 Å². The molecule has 3 nitrogen and oxygen atoms in total. The van der Waals surface area contributed by atoms with Crippen LogP contribution in [0.2, 0.25) is 0 Å². The van der Waals surface area contributed by atoms with Crippen LogP contribution >= 0.6 is 11.3 Å². The molecule has 4 heteroatoms. The number of nitrogen functional groups attached to an aromatic ring is 1. The van der Waals surface area contributed by atoms with E-state index in [0.29, 0.717) is 5.13 Å². The van der Waals surface area contributed by atoms with E-state index in [-0.39, 0.29) is 0 Å². The first-order chi connectivity index (χ1) is 7.20. The fraction of sp³-hybridized carbons (Fsp3) is 0.182. The molecule has 2 aromatic rings. The van der Waals surface area contributed by atoms with Gasteiger partial charge in [-0.05, 0) is 19.1 Å². The second kappa shape index (κ2) is 3.90. The zero-order valence-corrected chi connectivity index (χ0v) is 9.47. The standard InChI is InChI=1S/C11H12N2OS/c1-7-10(13-11(12)15-7)8-4-3-5-9(6-8)14-2/h3-6H,1-2H3,(H2,12,13). The number of benzene rings is 1. The van der Waals surface area contributed by atoms with E-state index in [0.717, 1.165) is 21.9 Å². The number of aryl methyl sites for hydroxylation is 1. The van der Waals surface area contributed by atoms with Crippen LogP contribution in [0.15, 0.2) is 24.3 Å². The maximum absolute atomic E-state index is 5.66. The van der Waals surface area contributed by atoms with Gasteiger partial charge in [-0.3, -0.25) is 0 Å². The Morgan fingerprint density at radius 1 is 1.40 bits per heavy atom. The summed E-state index contributed by atoms with van der Waals surface area (Å²) in [6.07, 6.45) is 0. The summed E-state index contributed by atoms with van der Waals surface area (Å²) in [5.74, 6) is 0.832. The number of ether oxygens (including phenoxy) is 1. The Morgan fingerprint density at radius 3 is 2.80 bits per heavy atom. The molecule has 0 aliphatic carbocycles. The van der Waals surface area contributed by atoms with Gasteiger partial charge < -0.3 is 10.5 Å². The average Bonchev–Trinajstić information content (AvgIpc) is 2.58. The lowest BCUT2D eigenvalue weighted by atomic mass is 10.1. The number of anilines is 1. The second-order valence-electron chi connectivity index (χ2n) is 3.19. The molecule has 1 aromatic carbocycles. The summed E-state index contributed by atoms with van der Waals surface area (Å²) >= 11 is 1.50. The molecule has 1 heterocycles. The third-order valence-electron chi connectivity index (χ3n) is 2.16. The lowest BCUT2D eigenvalue weighted by Gasteiger charge is -2.02. The van der Waals surface area contributed by atoms with Gasteiger partial charge in [-0.25, -0.2) is 4.98 Å². The highest BCUT2D eigenvalue weighted by Crippen LogP contribution is 2.30. The molecule has 0 saturated heterocycles. The van der Waals surface area contributed by atoms with Crippen molar-refractivity contribution in [2.45, 2.75) is 6.92 Å². The molecule has 1 aromatic heterocycles. The number of methoxy groups -OCH3 is 1. The highest BCUT2D eigenvalue weighted by atomic mass is 32.1. The zero-order chi connectivity index (χ0) is 10.8. The Balaban J connectivity index is 2.49. The van der Waals surface area contributed by atoms with Crippen molar-refractivity contribution < 1.29 is 4.74 Å². The smallest absolute Gasteiger partial charge is 0.180 e. The van der Waals surface area contributed by atoms with Gasteiger partial charge in [0.2, 0.25) is 0 Å². The first kappa shape index (κ1) is 9.98. The van der Waals surface area contributed by atoms with Gasteiger partial charge in [0.15, 0.2) is 5.13 Å². The van der Waals surface area contributed by atoms with Crippen molar-refractivity contribution >= 4 is 16.5 Å². The highest BCUT2D eigenvalue weighted by molar-refractivity contribution is 7.15. The van der Waals surface area contributed by atoms with Crippen LogP contribution in [0.1, 0.15) is 4.88 Å². The lowest BCUT2D eigenvalue weighted by Crippen LogP contribution is -1.86. The van der Waals surface area contributed by atoms with Crippen molar-refractivity contribution in [2.75, 3.05) is 12.8 Å². The molecule has 15 heavy (non-hydrogen) atoms. The third-order valence-corrected chi connectivity index (χ3v) is 2.96. The normalized spacial score (nSPS) is 10.3. The van der Waals surface area contributed by atoms with E-state index in [1.165, 1.54) is 11.3 Å². The average molecular weight is 220 g/mol. The first-order valence-corrected chi connectivity index (χ1v) is 5.39. The second-order valence-corrected chi connectivity index (χ2v) is 4.42. The molecule has 0 bridgehead atoms. The van der Waals surface area contributed by atoms with Crippen molar-refractivity contribution in [1.29, 1.82) is 0 Å². The summed E-state index contributed by atoms with van der Waals surface area (Å²) in [6, 6.07) is 7.82. The van der Waals surface area contributed by atoms with Crippen LogP contribution in [0.25, 0.3) is 11.3 Å². The molecule has 0 fully saturated rings. The molecule has 0 saturated carbocycles. The summed E-state index contributed by atoms with van der Waals surface area (Å²) in [6.45, 7) is 2.02. The van der Waals surface area contributed by atoms with Gasteiger partial charge in [0, 0.05) is 10.4 Å². The predicted octanol–water partition coefficient (Wildman–Crippen LogP) is 2.71. The minimum atomic E-state index is 0.602. The number of nitrogens with two attached hydrogens (primary N) is 1. The van der Waals surface area contributed by atoms with E-state index in [1.54, 1.807) is 7.11 Å². The topological polar surface area (TPSA) is 48.1 Å². The Kier molecular flexibility index (Phi) is 2.60. The largest absolute Gasteiger partial charge is 0.497 e. The van der Waals surface area contributed by atoms with Crippen LogP contribution in [0.5, 0.6) is 5.75 Å². The maximum Gasteiger partial charge on any atom is 0.180 e. The molecule has 0 spiro atoms. The van der Waals surface area contributed by atoms with Crippen LogP contribution in [-0.2, 0) is 0 Å². The van der Waals surface area contributed by atoms with Crippen molar-refractivity contribution in [3.05, 3.63) is 29.1 Å². The molecule has 78 valence electrons. The van der Waals surface area contributed by atoms with E-state index in [9.17, 15) is 0 Å². The first-order valence-electron chi connectivity index (χ1n) is 4.58. The quantitative estimate of drug-likeness (QED) is 0.846. The maximum atomic E-state index is 5.66. The van der Waals surface area contributed by atoms with Gasteiger partial charge >= 0.3 is 0 Å². The number of rotatable bonds is 2. The summed E-state index contributed by atoms with van der Waals surface area (Å²) in [5.41, 5.74) is 7.65. The van der Waals surface area contributed by atoms with E-state index >= 15 is 0 Å². The molecule has 0 aliphatic heterocycles. The summed E-state index contributed by atoms with van der Waals surface area (Å²) in [7, 11) is 1.65. The van der Waals surface area contributed by atoms with Crippen LogP contribution < -0.4 is 10.5 Å². The van der Waals surface area contributed by atoms with Crippen molar-refractivity contribution in [3.63, 3.8) is 0 Å². The van der Waals surface area contributed by atoms with Gasteiger partial charge in [-0.2, -0.15) is 0 Å².